The van der Waals surface area contributed by atoms with Gasteiger partial charge in [0.25, 0.3) is 0 Å². The number of ether oxygens (including phenoxy) is 1. The number of hydrogen-bond donors (Lipinski definition) is 2. The quantitative estimate of drug-likeness (QED) is 0.715. The van der Waals surface area contributed by atoms with Crippen LogP contribution in [-0.2, 0) is 4.79 Å². The van der Waals surface area contributed by atoms with Crippen molar-refractivity contribution in [2.75, 3.05) is 26.2 Å². The highest BCUT2D eigenvalue weighted by atomic mass is 35.5. The summed E-state index contributed by atoms with van der Waals surface area (Å²) < 4.78 is 5.80. The SMILES string of the molecule is CC(C)c1ccccc1OCCNC(=O)CCC1CCNC1.Cl. The molecule has 0 spiro atoms. The zero-order valence-corrected chi connectivity index (χ0v) is 15.0. The van der Waals surface area contributed by atoms with E-state index in [2.05, 4.69) is 30.5 Å². The van der Waals surface area contributed by atoms with Crippen LogP contribution in [0.4, 0.5) is 0 Å². The van der Waals surface area contributed by atoms with Crippen LogP contribution in [0.3, 0.4) is 0 Å². The second-order valence-corrected chi connectivity index (χ2v) is 6.29. The Hall–Kier alpha value is -1.26. The number of nitrogens with one attached hydrogen (secondary N) is 2. The lowest BCUT2D eigenvalue weighted by Crippen LogP contribution is -2.28. The lowest BCUT2D eigenvalue weighted by molar-refractivity contribution is -0.121. The van der Waals surface area contributed by atoms with Crippen LogP contribution in [0.25, 0.3) is 0 Å². The van der Waals surface area contributed by atoms with E-state index < -0.39 is 0 Å². The van der Waals surface area contributed by atoms with Crippen molar-refractivity contribution in [1.82, 2.24) is 10.6 Å². The third kappa shape index (κ3) is 6.80. The number of halogens is 1. The molecule has 23 heavy (non-hydrogen) atoms. The predicted octanol–water partition coefficient (Wildman–Crippen LogP) is 3.12. The summed E-state index contributed by atoms with van der Waals surface area (Å²) in [5, 5.41) is 6.27. The molecule has 1 aromatic carbocycles. The second-order valence-electron chi connectivity index (χ2n) is 6.29. The van der Waals surface area contributed by atoms with Crippen molar-refractivity contribution in [2.24, 2.45) is 5.92 Å². The van der Waals surface area contributed by atoms with Crippen LogP contribution in [0.5, 0.6) is 5.75 Å². The molecule has 1 aromatic rings. The molecule has 1 heterocycles. The van der Waals surface area contributed by atoms with Crippen molar-refractivity contribution >= 4 is 18.3 Å². The zero-order valence-electron chi connectivity index (χ0n) is 14.1. The summed E-state index contributed by atoms with van der Waals surface area (Å²) in [6, 6.07) is 8.09. The summed E-state index contributed by atoms with van der Waals surface area (Å²) in [5.41, 5.74) is 1.21. The first-order valence-electron chi connectivity index (χ1n) is 8.36. The topological polar surface area (TPSA) is 50.4 Å². The van der Waals surface area contributed by atoms with Crippen LogP contribution in [0.15, 0.2) is 24.3 Å². The van der Waals surface area contributed by atoms with E-state index in [0.29, 0.717) is 31.4 Å². The molecule has 1 unspecified atom stereocenters. The monoisotopic (exact) mass is 340 g/mol. The highest BCUT2D eigenvalue weighted by Gasteiger charge is 2.15. The van der Waals surface area contributed by atoms with E-state index in [4.69, 9.17) is 4.74 Å². The van der Waals surface area contributed by atoms with E-state index >= 15 is 0 Å². The van der Waals surface area contributed by atoms with E-state index in [9.17, 15) is 4.79 Å². The minimum atomic E-state index is 0. The van der Waals surface area contributed by atoms with Crippen LogP contribution in [0.1, 0.15) is 44.6 Å². The molecule has 4 nitrogen and oxygen atoms in total. The van der Waals surface area contributed by atoms with Crippen LogP contribution in [0, 0.1) is 5.92 Å². The van der Waals surface area contributed by atoms with Crippen LogP contribution in [0.2, 0.25) is 0 Å². The first-order valence-corrected chi connectivity index (χ1v) is 8.36. The highest BCUT2D eigenvalue weighted by molar-refractivity contribution is 5.85. The molecule has 1 saturated heterocycles. The van der Waals surface area contributed by atoms with Gasteiger partial charge >= 0.3 is 0 Å². The van der Waals surface area contributed by atoms with Gasteiger partial charge in [0, 0.05) is 6.42 Å². The molecule has 0 radical (unpaired) electrons. The van der Waals surface area contributed by atoms with Gasteiger partial charge in [-0.05, 0) is 49.4 Å². The van der Waals surface area contributed by atoms with Crippen molar-refractivity contribution in [3.05, 3.63) is 29.8 Å². The van der Waals surface area contributed by atoms with E-state index in [-0.39, 0.29) is 18.3 Å². The van der Waals surface area contributed by atoms with Crippen molar-refractivity contribution < 1.29 is 9.53 Å². The molecule has 0 aromatic heterocycles. The van der Waals surface area contributed by atoms with Gasteiger partial charge in [0.1, 0.15) is 12.4 Å². The van der Waals surface area contributed by atoms with Gasteiger partial charge in [-0.15, -0.1) is 12.4 Å². The Labute approximate surface area is 145 Å². The molecule has 2 rings (SSSR count). The number of benzene rings is 1. The fraction of sp³-hybridized carbons (Fsp3) is 0.611. The molecular weight excluding hydrogens is 312 g/mol. The maximum Gasteiger partial charge on any atom is 0.220 e. The summed E-state index contributed by atoms with van der Waals surface area (Å²) in [6.45, 7) is 7.54. The Morgan fingerprint density at radius 1 is 1.39 bits per heavy atom. The number of rotatable bonds is 8. The van der Waals surface area contributed by atoms with Crippen molar-refractivity contribution in [3.8, 4) is 5.75 Å². The van der Waals surface area contributed by atoms with Gasteiger partial charge in [-0.2, -0.15) is 0 Å². The van der Waals surface area contributed by atoms with Crippen LogP contribution >= 0.6 is 12.4 Å². The third-order valence-corrected chi connectivity index (χ3v) is 4.16. The van der Waals surface area contributed by atoms with E-state index in [1.165, 1.54) is 12.0 Å². The standard InChI is InChI=1S/C18H28N2O2.ClH/c1-14(2)16-5-3-4-6-17(16)22-12-11-20-18(21)8-7-15-9-10-19-13-15;/h3-6,14-15,19H,7-13H2,1-2H3,(H,20,21);1H. The molecule has 0 aliphatic carbocycles. The average Bonchev–Trinajstić information content (AvgIpc) is 3.03. The summed E-state index contributed by atoms with van der Waals surface area (Å²) in [5.74, 6) is 2.15. The minimum absolute atomic E-state index is 0. The maximum atomic E-state index is 11.8. The first-order chi connectivity index (χ1) is 10.7. The third-order valence-electron chi connectivity index (χ3n) is 4.16. The van der Waals surface area contributed by atoms with Gasteiger partial charge in [-0.1, -0.05) is 32.0 Å². The van der Waals surface area contributed by atoms with Gasteiger partial charge in [0.05, 0.1) is 6.54 Å². The van der Waals surface area contributed by atoms with E-state index in [1.54, 1.807) is 0 Å². The summed E-state index contributed by atoms with van der Waals surface area (Å²) >= 11 is 0. The van der Waals surface area contributed by atoms with Crippen LogP contribution in [-0.4, -0.2) is 32.1 Å². The number of para-hydroxylation sites is 1. The van der Waals surface area contributed by atoms with Gasteiger partial charge in [0.2, 0.25) is 5.91 Å². The van der Waals surface area contributed by atoms with Crippen molar-refractivity contribution in [3.63, 3.8) is 0 Å². The predicted molar refractivity (Wildman–Crippen MR) is 96.5 cm³/mol. The Balaban J connectivity index is 0.00000264. The average molecular weight is 341 g/mol. The lowest BCUT2D eigenvalue weighted by atomic mass is 10.0. The number of hydrogen-bond acceptors (Lipinski definition) is 3. The molecule has 1 aliphatic heterocycles. The molecule has 1 aliphatic rings. The van der Waals surface area contributed by atoms with Gasteiger partial charge in [-0.3, -0.25) is 4.79 Å². The molecule has 0 bridgehead atoms. The molecular formula is C18H29ClN2O2. The highest BCUT2D eigenvalue weighted by Crippen LogP contribution is 2.25. The molecule has 5 heteroatoms. The van der Waals surface area contributed by atoms with Crippen molar-refractivity contribution in [2.45, 2.75) is 39.0 Å². The molecule has 0 saturated carbocycles. The molecule has 130 valence electrons. The molecule has 1 amide bonds. The normalized spacial score (nSPS) is 16.9. The first kappa shape index (κ1) is 19.8. The Morgan fingerprint density at radius 3 is 2.87 bits per heavy atom. The number of amides is 1. The summed E-state index contributed by atoms with van der Waals surface area (Å²) in [7, 11) is 0. The Kier molecular flexibility index (Phi) is 9.03. The van der Waals surface area contributed by atoms with Gasteiger partial charge in [0.15, 0.2) is 0 Å². The Morgan fingerprint density at radius 2 is 2.17 bits per heavy atom. The van der Waals surface area contributed by atoms with E-state index in [1.807, 2.05) is 18.2 Å². The maximum absolute atomic E-state index is 11.8. The number of carbonyl (C=O) groups excluding carboxylic acids is 1. The second kappa shape index (κ2) is 10.5. The summed E-state index contributed by atoms with van der Waals surface area (Å²) in [4.78, 5) is 11.8. The van der Waals surface area contributed by atoms with Gasteiger partial charge < -0.3 is 15.4 Å². The molecule has 1 fully saturated rings. The van der Waals surface area contributed by atoms with Crippen LogP contribution < -0.4 is 15.4 Å². The fourth-order valence-corrected chi connectivity index (χ4v) is 2.82. The molecule has 2 N–H and O–H groups in total. The van der Waals surface area contributed by atoms with Gasteiger partial charge in [-0.25, -0.2) is 0 Å². The zero-order chi connectivity index (χ0) is 15.8. The fourth-order valence-electron chi connectivity index (χ4n) is 2.82. The summed E-state index contributed by atoms with van der Waals surface area (Å²) in [6.07, 6.45) is 2.80. The molecule has 1 atom stereocenters. The largest absolute Gasteiger partial charge is 0.491 e. The smallest absolute Gasteiger partial charge is 0.220 e. The lowest BCUT2D eigenvalue weighted by Gasteiger charge is -2.14. The van der Waals surface area contributed by atoms with Crippen molar-refractivity contribution in [1.29, 1.82) is 0 Å². The minimum Gasteiger partial charge on any atom is -0.491 e. The number of carbonyl (C=O) groups is 1. The van der Waals surface area contributed by atoms with E-state index in [0.717, 1.165) is 25.3 Å². The Bertz CT molecular complexity index is 474.